The number of barbiturate groups is 1. The summed E-state index contributed by atoms with van der Waals surface area (Å²) >= 11 is 11.8. The average Bonchev–Trinajstić information content (AvgIpc) is 2.56. The van der Waals surface area contributed by atoms with E-state index in [4.69, 9.17) is 23.2 Å². The normalized spacial score (nSPS) is 16.3. The Morgan fingerprint density at radius 1 is 0.960 bits per heavy atom. The molecule has 1 aliphatic heterocycles. The fraction of sp³-hybridized carbons (Fsp3) is 0. The molecule has 2 N–H and O–H groups in total. The molecular formula is C17H10Cl2N2O4. The van der Waals surface area contributed by atoms with E-state index in [0.717, 1.165) is 4.90 Å². The summed E-state index contributed by atoms with van der Waals surface area (Å²) in [6, 6.07) is 9.26. The zero-order chi connectivity index (χ0) is 18.1. The second-order valence-corrected chi connectivity index (χ2v) is 5.96. The van der Waals surface area contributed by atoms with Gasteiger partial charge in [-0.3, -0.25) is 14.9 Å². The standard InChI is InChI=1S/C17H10Cl2N2O4/c18-13-6-3-10(8-14(13)19)21-16(24)12(15(23)20-17(21)25)7-9-1-4-11(22)5-2-9/h1-8,22H,(H,20,23,25). The summed E-state index contributed by atoms with van der Waals surface area (Å²) in [6.45, 7) is 0. The number of phenolic OH excluding ortho intramolecular Hbond substituents is 1. The number of halogens is 2. The number of carbonyl (C=O) groups is 3. The minimum Gasteiger partial charge on any atom is -0.508 e. The van der Waals surface area contributed by atoms with Crippen LogP contribution in [0, 0.1) is 0 Å². The van der Waals surface area contributed by atoms with Crippen LogP contribution in [0.4, 0.5) is 10.5 Å². The van der Waals surface area contributed by atoms with Crippen LogP contribution in [0.1, 0.15) is 5.56 Å². The number of imide groups is 2. The second-order valence-electron chi connectivity index (χ2n) is 5.15. The SMILES string of the molecule is O=C1NC(=O)N(c2ccc(Cl)c(Cl)c2)C(=O)C1=Cc1ccc(O)cc1. The predicted octanol–water partition coefficient (Wildman–Crippen LogP) is 3.37. The molecule has 2 aromatic carbocycles. The summed E-state index contributed by atoms with van der Waals surface area (Å²) in [7, 11) is 0. The molecular weight excluding hydrogens is 367 g/mol. The minimum absolute atomic E-state index is 0.0502. The van der Waals surface area contributed by atoms with Crippen LogP contribution in [0.25, 0.3) is 6.08 Å². The third-order valence-corrected chi connectivity index (χ3v) is 4.21. The van der Waals surface area contributed by atoms with E-state index in [-0.39, 0.29) is 27.1 Å². The van der Waals surface area contributed by atoms with E-state index in [9.17, 15) is 19.5 Å². The van der Waals surface area contributed by atoms with Crippen LogP contribution >= 0.6 is 23.2 Å². The predicted molar refractivity (Wildman–Crippen MR) is 93.6 cm³/mol. The molecule has 1 saturated heterocycles. The third-order valence-electron chi connectivity index (χ3n) is 3.47. The van der Waals surface area contributed by atoms with E-state index in [1.807, 2.05) is 0 Å². The van der Waals surface area contributed by atoms with Gasteiger partial charge in [0.2, 0.25) is 0 Å². The number of nitrogens with one attached hydrogen (secondary N) is 1. The van der Waals surface area contributed by atoms with Gasteiger partial charge in [-0.25, -0.2) is 9.69 Å². The van der Waals surface area contributed by atoms with Gasteiger partial charge >= 0.3 is 6.03 Å². The molecule has 25 heavy (non-hydrogen) atoms. The number of anilines is 1. The van der Waals surface area contributed by atoms with Crippen LogP contribution in [0.5, 0.6) is 5.75 Å². The first-order chi connectivity index (χ1) is 11.9. The molecule has 126 valence electrons. The number of rotatable bonds is 2. The highest BCUT2D eigenvalue weighted by Crippen LogP contribution is 2.29. The summed E-state index contributed by atoms with van der Waals surface area (Å²) < 4.78 is 0. The van der Waals surface area contributed by atoms with Crippen molar-refractivity contribution in [2.24, 2.45) is 0 Å². The van der Waals surface area contributed by atoms with Crippen molar-refractivity contribution in [3.63, 3.8) is 0 Å². The molecule has 6 nitrogen and oxygen atoms in total. The Bertz CT molecular complexity index is 923. The lowest BCUT2D eigenvalue weighted by molar-refractivity contribution is -0.122. The van der Waals surface area contributed by atoms with E-state index < -0.39 is 17.8 Å². The molecule has 0 unspecified atom stereocenters. The van der Waals surface area contributed by atoms with Gasteiger partial charge in [-0.15, -0.1) is 0 Å². The van der Waals surface area contributed by atoms with Gasteiger partial charge in [0.25, 0.3) is 11.8 Å². The molecule has 2 aromatic rings. The highest BCUT2D eigenvalue weighted by Gasteiger charge is 2.36. The van der Waals surface area contributed by atoms with Gasteiger partial charge in [-0.1, -0.05) is 35.3 Å². The molecule has 3 rings (SSSR count). The van der Waals surface area contributed by atoms with Crippen molar-refractivity contribution in [3.8, 4) is 5.75 Å². The Morgan fingerprint density at radius 2 is 1.64 bits per heavy atom. The molecule has 0 aliphatic carbocycles. The summed E-state index contributed by atoms with van der Waals surface area (Å²) in [5, 5.41) is 11.8. The maximum absolute atomic E-state index is 12.7. The Hall–Kier alpha value is -2.83. The Morgan fingerprint density at radius 3 is 2.28 bits per heavy atom. The molecule has 0 bridgehead atoms. The van der Waals surface area contributed by atoms with Gasteiger partial charge < -0.3 is 5.11 Å². The average molecular weight is 377 g/mol. The third kappa shape index (κ3) is 3.35. The van der Waals surface area contributed by atoms with Crippen LogP contribution < -0.4 is 10.2 Å². The van der Waals surface area contributed by atoms with E-state index in [1.54, 1.807) is 0 Å². The Kier molecular flexibility index (Phi) is 4.48. The van der Waals surface area contributed by atoms with Crippen LogP contribution in [-0.4, -0.2) is 23.0 Å². The smallest absolute Gasteiger partial charge is 0.335 e. The van der Waals surface area contributed by atoms with Gasteiger partial charge in [0, 0.05) is 0 Å². The zero-order valence-corrected chi connectivity index (χ0v) is 14.0. The maximum Gasteiger partial charge on any atom is 0.335 e. The van der Waals surface area contributed by atoms with Crippen LogP contribution in [0.2, 0.25) is 10.0 Å². The fourth-order valence-electron chi connectivity index (χ4n) is 2.25. The monoisotopic (exact) mass is 376 g/mol. The summed E-state index contributed by atoms with van der Waals surface area (Å²) in [5.41, 5.74) is 0.470. The van der Waals surface area contributed by atoms with E-state index in [2.05, 4.69) is 5.32 Å². The number of carbonyl (C=O) groups excluding carboxylic acids is 3. The summed E-state index contributed by atoms with van der Waals surface area (Å²) in [6.07, 6.45) is 1.33. The minimum atomic E-state index is -0.878. The lowest BCUT2D eigenvalue weighted by atomic mass is 10.1. The van der Waals surface area contributed by atoms with Gasteiger partial charge in [0.05, 0.1) is 15.7 Å². The molecule has 1 aliphatic rings. The zero-order valence-electron chi connectivity index (χ0n) is 12.5. The first-order valence-electron chi connectivity index (χ1n) is 7.02. The molecule has 0 saturated carbocycles. The van der Waals surface area contributed by atoms with Crippen LogP contribution in [-0.2, 0) is 9.59 Å². The quantitative estimate of drug-likeness (QED) is 0.621. The Balaban J connectivity index is 2.02. The number of nitrogens with zero attached hydrogens (tertiary/aromatic N) is 1. The van der Waals surface area contributed by atoms with E-state index in [0.29, 0.717) is 5.56 Å². The second kappa shape index (κ2) is 6.58. The van der Waals surface area contributed by atoms with Gasteiger partial charge in [-0.05, 0) is 42.0 Å². The topological polar surface area (TPSA) is 86.7 Å². The van der Waals surface area contributed by atoms with Crippen LogP contribution in [0.15, 0.2) is 48.0 Å². The lowest BCUT2D eigenvalue weighted by Gasteiger charge is -2.26. The van der Waals surface area contributed by atoms with Crippen molar-refractivity contribution in [1.82, 2.24) is 5.32 Å². The van der Waals surface area contributed by atoms with E-state index >= 15 is 0 Å². The molecule has 0 aromatic heterocycles. The van der Waals surface area contributed by atoms with Gasteiger partial charge in [0.1, 0.15) is 11.3 Å². The first kappa shape index (κ1) is 17.0. The molecule has 4 amide bonds. The highest BCUT2D eigenvalue weighted by atomic mass is 35.5. The number of urea groups is 1. The highest BCUT2D eigenvalue weighted by molar-refractivity contribution is 6.43. The summed E-state index contributed by atoms with van der Waals surface area (Å²) in [5.74, 6) is -1.55. The van der Waals surface area contributed by atoms with Gasteiger partial charge in [0.15, 0.2) is 0 Å². The molecule has 8 heteroatoms. The largest absolute Gasteiger partial charge is 0.508 e. The number of benzene rings is 2. The van der Waals surface area contributed by atoms with Crippen molar-refractivity contribution >= 4 is 52.8 Å². The maximum atomic E-state index is 12.7. The molecule has 0 radical (unpaired) electrons. The van der Waals surface area contributed by atoms with Crippen molar-refractivity contribution < 1.29 is 19.5 Å². The number of hydrogen-bond acceptors (Lipinski definition) is 4. The first-order valence-corrected chi connectivity index (χ1v) is 7.78. The molecule has 1 heterocycles. The van der Waals surface area contributed by atoms with Crippen molar-refractivity contribution in [2.45, 2.75) is 0 Å². The van der Waals surface area contributed by atoms with Crippen molar-refractivity contribution in [1.29, 1.82) is 0 Å². The van der Waals surface area contributed by atoms with Crippen LogP contribution in [0.3, 0.4) is 0 Å². The number of aromatic hydroxyl groups is 1. The van der Waals surface area contributed by atoms with Crippen molar-refractivity contribution in [3.05, 3.63) is 63.6 Å². The van der Waals surface area contributed by atoms with Crippen molar-refractivity contribution in [2.75, 3.05) is 4.90 Å². The number of amides is 4. The molecule has 0 atom stereocenters. The van der Waals surface area contributed by atoms with Gasteiger partial charge in [-0.2, -0.15) is 0 Å². The molecule has 0 spiro atoms. The molecule has 1 fully saturated rings. The number of phenols is 1. The Labute approximate surface area is 152 Å². The lowest BCUT2D eigenvalue weighted by Crippen LogP contribution is -2.54. The fourth-order valence-corrected chi connectivity index (χ4v) is 2.55. The summed E-state index contributed by atoms with van der Waals surface area (Å²) in [4.78, 5) is 37.6. The number of hydrogen-bond donors (Lipinski definition) is 2. The van der Waals surface area contributed by atoms with E-state index in [1.165, 1.54) is 48.5 Å².